The quantitative estimate of drug-likeness (QED) is 0.802. The van der Waals surface area contributed by atoms with Gasteiger partial charge in [-0.25, -0.2) is 0 Å². The summed E-state index contributed by atoms with van der Waals surface area (Å²) in [5.41, 5.74) is 0.887. The van der Waals surface area contributed by atoms with Gasteiger partial charge in [0.1, 0.15) is 0 Å². The molecule has 0 saturated heterocycles. The zero-order valence-corrected chi connectivity index (χ0v) is 11.0. The van der Waals surface area contributed by atoms with Crippen molar-refractivity contribution in [1.29, 1.82) is 0 Å². The SMILES string of the molecule is Cc1ccc(S(=O)(=O)OC[C@@H]2C[C@@H]2C(F)(F)F)cc1. The third kappa shape index (κ3) is 3.48. The molecule has 1 aliphatic rings. The molecule has 0 aliphatic heterocycles. The first-order chi connectivity index (χ1) is 8.70. The maximum Gasteiger partial charge on any atom is 0.392 e. The van der Waals surface area contributed by atoms with E-state index < -0.39 is 34.7 Å². The van der Waals surface area contributed by atoms with Crippen molar-refractivity contribution in [3.05, 3.63) is 29.8 Å². The van der Waals surface area contributed by atoms with E-state index in [-0.39, 0.29) is 11.3 Å². The molecule has 2 rings (SSSR count). The number of benzene rings is 1. The molecular formula is C12H13F3O3S. The lowest BCUT2D eigenvalue weighted by Gasteiger charge is -2.07. The van der Waals surface area contributed by atoms with Crippen LogP contribution >= 0.6 is 0 Å². The third-order valence-corrected chi connectivity index (χ3v) is 4.39. The molecule has 1 aromatic carbocycles. The van der Waals surface area contributed by atoms with Crippen LogP contribution in [0.5, 0.6) is 0 Å². The highest BCUT2D eigenvalue weighted by molar-refractivity contribution is 7.86. The summed E-state index contributed by atoms with van der Waals surface area (Å²) in [7, 11) is -3.97. The second-order valence-corrected chi connectivity index (χ2v) is 6.31. The van der Waals surface area contributed by atoms with Crippen LogP contribution in [0.4, 0.5) is 13.2 Å². The molecule has 0 spiro atoms. The molecule has 1 aliphatic carbocycles. The Bertz CT molecular complexity index is 549. The molecule has 0 N–H and O–H groups in total. The van der Waals surface area contributed by atoms with Crippen molar-refractivity contribution in [3.8, 4) is 0 Å². The molecule has 1 aromatic rings. The minimum Gasteiger partial charge on any atom is -0.266 e. The molecule has 0 aromatic heterocycles. The van der Waals surface area contributed by atoms with Crippen molar-refractivity contribution < 1.29 is 25.8 Å². The normalized spacial score (nSPS) is 23.4. The van der Waals surface area contributed by atoms with Gasteiger partial charge in [-0.1, -0.05) is 17.7 Å². The molecule has 0 amide bonds. The number of aryl methyl sites for hydroxylation is 1. The van der Waals surface area contributed by atoms with Crippen LogP contribution in [0, 0.1) is 18.8 Å². The fraction of sp³-hybridized carbons (Fsp3) is 0.500. The van der Waals surface area contributed by atoms with E-state index in [0.717, 1.165) is 5.56 Å². The Morgan fingerprint density at radius 1 is 1.26 bits per heavy atom. The largest absolute Gasteiger partial charge is 0.392 e. The lowest BCUT2D eigenvalue weighted by atomic mass is 10.2. The highest BCUT2D eigenvalue weighted by atomic mass is 32.2. The van der Waals surface area contributed by atoms with Gasteiger partial charge in [-0.15, -0.1) is 0 Å². The summed E-state index contributed by atoms with van der Waals surface area (Å²) >= 11 is 0. The zero-order chi connectivity index (χ0) is 14.3. The van der Waals surface area contributed by atoms with E-state index >= 15 is 0 Å². The summed E-state index contributed by atoms with van der Waals surface area (Å²) in [6.07, 6.45) is -4.32. The van der Waals surface area contributed by atoms with Crippen LogP contribution in [0.3, 0.4) is 0 Å². The summed E-state index contributed by atoms with van der Waals surface area (Å²) < 4.78 is 65.0. The van der Waals surface area contributed by atoms with E-state index in [1.54, 1.807) is 19.1 Å². The average molecular weight is 294 g/mol. The van der Waals surface area contributed by atoms with Crippen molar-refractivity contribution in [2.24, 2.45) is 11.8 Å². The zero-order valence-electron chi connectivity index (χ0n) is 10.1. The molecule has 2 atom stereocenters. The van der Waals surface area contributed by atoms with Crippen LogP contribution in [0.1, 0.15) is 12.0 Å². The molecule has 19 heavy (non-hydrogen) atoms. The molecule has 3 nitrogen and oxygen atoms in total. The number of alkyl halides is 3. The van der Waals surface area contributed by atoms with Gasteiger partial charge in [0.25, 0.3) is 10.1 Å². The van der Waals surface area contributed by atoms with Gasteiger partial charge in [0.15, 0.2) is 0 Å². The van der Waals surface area contributed by atoms with Gasteiger partial charge in [-0.3, -0.25) is 4.18 Å². The minimum atomic E-state index is -4.26. The maximum atomic E-state index is 12.3. The highest BCUT2D eigenvalue weighted by Gasteiger charge is 2.55. The summed E-state index contributed by atoms with van der Waals surface area (Å²) in [5, 5.41) is 0. The molecular weight excluding hydrogens is 281 g/mol. The first-order valence-electron chi connectivity index (χ1n) is 5.73. The summed E-state index contributed by atoms with van der Waals surface area (Å²) in [4.78, 5) is -0.0395. The van der Waals surface area contributed by atoms with Crippen molar-refractivity contribution in [1.82, 2.24) is 0 Å². The Morgan fingerprint density at radius 3 is 2.32 bits per heavy atom. The van der Waals surface area contributed by atoms with Crippen LogP contribution in [-0.2, 0) is 14.3 Å². The van der Waals surface area contributed by atoms with Crippen LogP contribution in [0.15, 0.2) is 29.2 Å². The minimum absolute atomic E-state index is 0.0395. The van der Waals surface area contributed by atoms with Crippen molar-refractivity contribution in [3.63, 3.8) is 0 Å². The van der Waals surface area contributed by atoms with E-state index in [0.29, 0.717) is 0 Å². The maximum absolute atomic E-state index is 12.3. The van der Waals surface area contributed by atoms with Crippen LogP contribution in [-0.4, -0.2) is 21.2 Å². The lowest BCUT2D eigenvalue weighted by Crippen LogP contribution is -2.15. The summed E-state index contributed by atoms with van der Waals surface area (Å²) in [6.45, 7) is 1.38. The van der Waals surface area contributed by atoms with E-state index in [1.165, 1.54) is 12.1 Å². The fourth-order valence-electron chi connectivity index (χ4n) is 1.78. The molecule has 0 radical (unpaired) electrons. The number of hydrogen-bond donors (Lipinski definition) is 0. The Balaban J connectivity index is 1.95. The smallest absolute Gasteiger partial charge is 0.266 e. The van der Waals surface area contributed by atoms with Crippen LogP contribution in [0.25, 0.3) is 0 Å². The Hall–Kier alpha value is -1.08. The lowest BCUT2D eigenvalue weighted by molar-refractivity contribution is -0.151. The number of rotatable bonds is 4. The van der Waals surface area contributed by atoms with Gasteiger partial charge in [-0.2, -0.15) is 21.6 Å². The Labute approximate surface area is 109 Å². The standard InChI is InChI=1S/C12H13F3O3S/c1-8-2-4-10(5-3-8)19(16,17)18-7-9-6-11(9)12(13,14)15/h2-5,9,11H,6-7H2,1H3/t9-,11-/m0/s1. The molecule has 0 unspecified atom stereocenters. The van der Waals surface area contributed by atoms with Gasteiger partial charge < -0.3 is 0 Å². The van der Waals surface area contributed by atoms with E-state index in [4.69, 9.17) is 0 Å². The molecule has 7 heteroatoms. The van der Waals surface area contributed by atoms with Gasteiger partial charge in [0, 0.05) is 0 Å². The molecule has 106 valence electrons. The Morgan fingerprint density at radius 2 is 1.84 bits per heavy atom. The first kappa shape index (κ1) is 14.3. The highest BCUT2D eigenvalue weighted by Crippen LogP contribution is 2.50. The van der Waals surface area contributed by atoms with Gasteiger partial charge in [0.05, 0.1) is 17.4 Å². The molecule has 0 bridgehead atoms. The predicted octanol–water partition coefficient (Wildman–Crippen LogP) is 2.90. The third-order valence-electron chi connectivity index (χ3n) is 3.09. The molecule has 1 saturated carbocycles. The number of hydrogen-bond acceptors (Lipinski definition) is 3. The number of halogens is 3. The summed E-state index contributed by atoms with van der Waals surface area (Å²) in [6, 6.07) is 5.95. The van der Waals surface area contributed by atoms with Gasteiger partial charge in [0.2, 0.25) is 0 Å². The predicted molar refractivity (Wildman–Crippen MR) is 62.0 cm³/mol. The van der Waals surface area contributed by atoms with Crippen molar-refractivity contribution in [2.75, 3.05) is 6.61 Å². The van der Waals surface area contributed by atoms with E-state index in [9.17, 15) is 21.6 Å². The van der Waals surface area contributed by atoms with Crippen LogP contribution in [0.2, 0.25) is 0 Å². The van der Waals surface area contributed by atoms with E-state index in [1.807, 2.05) is 0 Å². The fourth-order valence-corrected chi connectivity index (χ4v) is 2.74. The Kier molecular flexibility index (Phi) is 3.61. The van der Waals surface area contributed by atoms with E-state index in [2.05, 4.69) is 4.18 Å². The average Bonchev–Trinajstić information content (AvgIpc) is 3.06. The van der Waals surface area contributed by atoms with Gasteiger partial charge >= 0.3 is 6.18 Å². The second-order valence-electron chi connectivity index (χ2n) is 4.70. The first-order valence-corrected chi connectivity index (χ1v) is 7.14. The summed E-state index contributed by atoms with van der Waals surface area (Å²) in [5.74, 6) is -2.18. The van der Waals surface area contributed by atoms with Crippen LogP contribution < -0.4 is 0 Å². The molecule has 1 fully saturated rings. The van der Waals surface area contributed by atoms with Crippen molar-refractivity contribution >= 4 is 10.1 Å². The van der Waals surface area contributed by atoms with Gasteiger partial charge in [-0.05, 0) is 31.4 Å². The van der Waals surface area contributed by atoms with Crippen molar-refractivity contribution in [2.45, 2.75) is 24.4 Å². The monoisotopic (exact) mass is 294 g/mol. The topological polar surface area (TPSA) is 43.4 Å². The second kappa shape index (κ2) is 4.79. The molecule has 0 heterocycles.